The fraction of sp³-hybridized carbons (Fsp3) is 0.188. The van der Waals surface area contributed by atoms with Crippen molar-refractivity contribution in [3.63, 3.8) is 0 Å². The van der Waals surface area contributed by atoms with Gasteiger partial charge in [0.25, 0.3) is 6.43 Å². The molecular formula is C16H12Cl2F2N4O2S. The fourth-order valence-electron chi connectivity index (χ4n) is 2.05. The summed E-state index contributed by atoms with van der Waals surface area (Å²) in [6.07, 6.45) is 0.193. The first-order valence-electron chi connectivity index (χ1n) is 7.47. The van der Waals surface area contributed by atoms with Crippen molar-refractivity contribution in [3.05, 3.63) is 57.7 Å². The second-order valence-corrected chi connectivity index (χ2v) is 6.61. The number of hydrogen-bond acceptors (Lipinski definition) is 6. The molecule has 0 aliphatic heterocycles. The molecular weight excluding hydrogens is 421 g/mol. The molecule has 0 bridgehead atoms. The third-order valence-electron chi connectivity index (χ3n) is 3.28. The number of nitrogens with zero attached hydrogens (tertiary/aromatic N) is 4. The van der Waals surface area contributed by atoms with Crippen LogP contribution in [0.25, 0.3) is 0 Å². The quantitative estimate of drug-likeness (QED) is 0.374. The average molecular weight is 433 g/mol. The summed E-state index contributed by atoms with van der Waals surface area (Å²) in [5.41, 5.74) is 0. The van der Waals surface area contributed by atoms with Crippen molar-refractivity contribution in [3.8, 4) is 5.75 Å². The van der Waals surface area contributed by atoms with Crippen molar-refractivity contribution >= 4 is 41.2 Å². The molecule has 27 heavy (non-hydrogen) atoms. The molecule has 3 rings (SSSR count). The van der Waals surface area contributed by atoms with Crippen LogP contribution in [0.5, 0.6) is 5.75 Å². The van der Waals surface area contributed by atoms with Gasteiger partial charge in [-0.25, -0.2) is 8.78 Å². The smallest absolute Gasteiger partial charge is 0.299 e. The number of alkyl halides is 2. The molecule has 11 heteroatoms. The Balaban J connectivity index is 1.70. The monoisotopic (exact) mass is 432 g/mol. The maximum absolute atomic E-state index is 13.0. The molecule has 0 unspecified atom stereocenters. The third kappa shape index (κ3) is 4.60. The molecule has 0 radical (unpaired) electrons. The highest BCUT2D eigenvalue weighted by atomic mass is 35.5. The topological polar surface area (TPSA) is 65.4 Å². The zero-order valence-electron chi connectivity index (χ0n) is 13.8. The summed E-state index contributed by atoms with van der Waals surface area (Å²) in [4.78, 5) is 0. The molecule has 0 fully saturated rings. The highest BCUT2D eigenvalue weighted by Gasteiger charge is 2.19. The van der Waals surface area contributed by atoms with E-state index in [-0.39, 0.29) is 11.8 Å². The summed E-state index contributed by atoms with van der Waals surface area (Å²) in [6.45, 7) is 0.110. The van der Waals surface area contributed by atoms with Crippen LogP contribution in [-0.2, 0) is 6.61 Å². The van der Waals surface area contributed by atoms with Crippen LogP contribution in [0, 0.1) is 0 Å². The molecule has 2 aromatic heterocycles. The van der Waals surface area contributed by atoms with Gasteiger partial charge in [0, 0.05) is 0 Å². The molecule has 0 spiro atoms. The lowest BCUT2D eigenvalue weighted by molar-refractivity contribution is 0.135. The molecule has 0 N–H and O–H groups in total. The number of benzene rings is 1. The summed E-state index contributed by atoms with van der Waals surface area (Å²) in [6, 6.07) is 8.36. The number of aromatic nitrogens is 3. The lowest BCUT2D eigenvalue weighted by Gasteiger charge is -2.07. The Labute approximate surface area is 167 Å². The van der Waals surface area contributed by atoms with Gasteiger partial charge >= 0.3 is 0 Å². The van der Waals surface area contributed by atoms with E-state index in [0.717, 1.165) is 16.4 Å². The van der Waals surface area contributed by atoms with Gasteiger partial charge in [-0.1, -0.05) is 41.0 Å². The number of furan rings is 1. The van der Waals surface area contributed by atoms with Gasteiger partial charge in [-0.15, -0.1) is 10.2 Å². The minimum atomic E-state index is -2.79. The SMILES string of the molecule is CSc1nnc(C(F)F)n1/N=C\c1ccc(COc2cccc(Cl)c2Cl)o1. The number of halogens is 4. The van der Waals surface area contributed by atoms with E-state index < -0.39 is 12.2 Å². The molecule has 2 heterocycles. The molecule has 0 saturated heterocycles. The Morgan fingerprint density at radius 3 is 2.85 bits per heavy atom. The Bertz CT molecular complexity index is 962. The molecule has 0 amide bonds. The summed E-state index contributed by atoms with van der Waals surface area (Å²) in [5.74, 6) is 0.731. The summed E-state index contributed by atoms with van der Waals surface area (Å²) < 4.78 is 38.0. The maximum Gasteiger partial charge on any atom is 0.299 e. The van der Waals surface area contributed by atoms with Gasteiger partial charge in [0.05, 0.1) is 11.2 Å². The van der Waals surface area contributed by atoms with Crippen molar-refractivity contribution in [2.75, 3.05) is 6.26 Å². The number of thioether (sulfide) groups is 1. The minimum Gasteiger partial charge on any atom is -0.484 e. The van der Waals surface area contributed by atoms with Crippen LogP contribution in [0.3, 0.4) is 0 Å². The predicted molar refractivity (Wildman–Crippen MR) is 99.3 cm³/mol. The number of rotatable bonds is 7. The molecule has 0 atom stereocenters. The Morgan fingerprint density at radius 2 is 2.11 bits per heavy atom. The Hall–Kier alpha value is -2.10. The van der Waals surface area contributed by atoms with E-state index in [0.29, 0.717) is 27.3 Å². The lowest BCUT2D eigenvalue weighted by Crippen LogP contribution is -2.00. The van der Waals surface area contributed by atoms with Crippen molar-refractivity contribution in [1.29, 1.82) is 0 Å². The average Bonchev–Trinajstić information content (AvgIpc) is 3.27. The molecule has 0 saturated carbocycles. The summed E-state index contributed by atoms with van der Waals surface area (Å²) in [7, 11) is 0. The number of hydrogen-bond donors (Lipinski definition) is 0. The normalized spacial score (nSPS) is 11.6. The molecule has 142 valence electrons. The largest absolute Gasteiger partial charge is 0.484 e. The standard InChI is InChI=1S/C16H12Cl2F2N4O2S/c1-27-16-23-22-15(14(19)20)24(16)21-7-9-5-6-10(26-9)8-25-12-4-2-3-11(17)13(12)18/h2-7,14H,8H2,1H3/b21-7-. The summed E-state index contributed by atoms with van der Waals surface area (Å²) >= 11 is 13.1. The molecule has 0 aliphatic rings. The zero-order chi connectivity index (χ0) is 19.4. The zero-order valence-corrected chi connectivity index (χ0v) is 16.1. The van der Waals surface area contributed by atoms with Crippen molar-refractivity contribution in [1.82, 2.24) is 14.9 Å². The molecule has 0 aliphatic carbocycles. The van der Waals surface area contributed by atoms with E-state index in [1.807, 2.05) is 0 Å². The molecule has 3 aromatic rings. The van der Waals surface area contributed by atoms with Crippen LogP contribution in [0.2, 0.25) is 10.0 Å². The summed E-state index contributed by atoms with van der Waals surface area (Å²) in [5, 5.41) is 12.0. The number of ether oxygens (including phenoxy) is 1. The van der Waals surface area contributed by atoms with Gasteiger partial charge in [-0.2, -0.15) is 9.78 Å². The Kier molecular flexibility index (Phi) is 6.35. The van der Waals surface area contributed by atoms with Crippen molar-refractivity contribution < 1.29 is 17.9 Å². The molecule has 6 nitrogen and oxygen atoms in total. The van der Waals surface area contributed by atoms with E-state index in [1.54, 1.807) is 36.6 Å². The fourth-order valence-corrected chi connectivity index (χ4v) is 2.83. The highest BCUT2D eigenvalue weighted by Crippen LogP contribution is 2.32. The van der Waals surface area contributed by atoms with Crippen LogP contribution in [0.1, 0.15) is 23.8 Å². The second-order valence-electron chi connectivity index (χ2n) is 5.05. The second kappa shape index (κ2) is 8.73. The molecule has 1 aromatic carbocycles. The van der Waals surface area contributed by atoms with Crippen molar-refractivity contribution in [2.45, 2.75) is 18.2 Å². The van der Waals surface area contributed by atoms with Gasteiger partial charge in [0.2, 0.25) is 11.0 Å². The predicted octanol–water partition coefficient (Wildman–Crippen LogP) is 5.30. The van der Waals surface area contributed by atoms with Crippen LogP contribution < -0.4 is 4.74 Å². The van der Waals surface area contributed by atoms with Crippen LogP contribution in [0.15, 0.2) is 45.0 Å². The van der Waals surface area contributed by atoms with Gasteiger partial charge in [-0.3, -0.25) is 0 Å². The lowest BCUT2D eigenvalue weighted by atomic mass is 10.3. The van der Waals surface area contributed by atoms with E-state index in [1.165, 1.54) is 6.21 Å². The van der Waals surface area contributed by atoms with Gasteiger partial charge < -0.3 is 9.15 Å². The first-order chi connectivity index (χ1) is 13.0. The first kappa shape index (κ1) is 19.7. The van der Waals surface area contributed by atoms with Crippen LogP contribution in [-0.4, -0.2) is 27.3 Å². The van der Waals surface area contributed by atoms with Crippen LogP contribution >= 0.6 is 35.0 Å². The Morgan fingerprint density at radius 1 is 1.30 bits per heavy atom. The minimum absolute atomic E-state index is 0.110. The maximum atomic E-state index is 13.0. The highest BCUT2D eigenvalue weighted by molar-refractivity contribution is 7.98. The van der Waals surface area contributed by atoms with Gasteiger partial charge in [-0.05, 0) is 30.5 Å². The van der Waals surface area contributed by atoms with Crippen molar-refractivity contribution in [2.24, 2.45) is 5.10 Å². The van der Waals surface area contributed by atoms with Gasteiger partial charge in [0.1, 0.15) is 28.9 Å². The van der Waals surface area contributed by atoms with E-state index >= 15 is 0 Å². The van der Waals surface area contributed by atoms with E-state index in [4.69, 9.17) is 32.4 Å². The van der Waals surface area contributed by atoms with Gasteiger partial charge in [0.15, 0.2) is 0 Å². The first-order valence-corrected chi connectivity index (χ1v) is 9.45. The third-order valence-corrected chi connectivity index (χ3v) is 4.70. The van der Waals surface area contributed by atoms with Crippen LogP contribution in [0.4, 0.5) is 8.78 Å². The van der Waals surface area contributed by atoms with E-state index in [2.05, 4.69) is 15.3 Å². The van der Waals surface area contributed by atoms with E-state index in [9.17, 15) is 8.78 Å².